The molecule has 0 amide bonds. The van der Waals surface area contributed by atoms with Crippen LogP contribution in [-0.2, 0) is 0 Å². The SMILES string of the molecule is Oc1ccc(C2=CC(c3ccc(O)cc3O)NN(Cl)N2)c(O)c1. The number of benzene rings is 2. The lowest BCUT2D eigenvalue weighted by atomic mass is 10.0. The number of hydrazine groups is 2. The van der Waals surface area contributed by atoms with Crippen LogP contribution in [0.2, 0.25) is 0 Å². The minimum Gasteiger partial charge on any atom is -0.508 e. The average molecular weight is 336 g/mol. The van der Waals surface area contributed by atoms with Crippen molar-refractivity contribution in [2.45, 2.75) is 6.04 Å². The van der Waals surface area contributed by atoms with E-state index in [1.807, 2.05) is 0 Å². The van der Waals surface area contributed by atoms with Gasteiger partial charge in [-0.25, -0.2) is 5.43 Å². The number of phenols is 4. The largest absolute Gasteiger partial charge is 0.508 e. The number of nitrogens with one attached hydrogen (secondary N) is 2. The van der Waals surface area contributed by atoms with Crippen molar-refractivity contribution in [1.29, 1.82) is 0 Å². The summed E-state index contributed by atoms with van der Waals surface area (Å²) in [5, 5.41) is 38.7. The Kier molecular flexibility index (Phi) is 3.91. The highest BCUT2D eigenvalue weighted by atomic mass is 35.5. The summed E-state index contributed by atoms with van der Waals surface area (Å²) in [5.74, 6) is -0.330. The first kappa shape index (κ1) is 15.3. The summed E-state index contributed by atoms with van der Waals surface area (Å²) in [6.45, 7) is 0. The van der Waals surface area contributed by atoms with E-state index in [2.05, 4.69) is 10.9 Å². The van der Waals surface area contributed by atoms with Crippen LogP contribution in [0.25, 0.3) is 5.70 Å². The normalized spacial score (nSPS) is 18.3. The minimum atomic E-state index is -0.502. The highest BCUT2D eigenvalue weighted by Crippen LogP contribution is 2.34. The molecule has 3 rings (SSSR count). The number of aromatic hydroxyl groups is 4. The number of hydrogen-bond acceptors (Lipinski definition) is 7. The third-order valence-corrected chi connectivity index (χ3v) is 3.61. The molecule has 120 valence electrons. The molecule has 0 aliphatic carbocycles. The fraction of sp³-hybridized carbons (Fsp3) is 0.0667. The Labute approximate surface area is 136 Å². The molecule has 2 aromatic carbocycles. The lowest BCUT2D eigenvalue weighted by Gasteiger charge is -2.30. The van der Waals surface area contributed by atoms with Crippen LogP contribution in [0.1, 0.15) is 17.2 Å². The Morgan fingerprint density at radius 3 is 2.22 bits per heavy atom. The standard InChI is InChI=1S/C15H14ClN3O4/c16-19-17-12(10-3-1-8(20)5-14(10)22)7-13(18-19)11-4-2-9(21)6-15(11)23/h1-7,12,17-18,20-23H. The number of phenolic OH excluding ortho intramolecular Hbond substituents is 4. The molecule has 0 aromatic heterocycles. The van der Waals surface area contributed by atoms with Crippen molar-refractivity contribution in [3.8, 4) is 23.0 Å². The minimum absolute atomic E-state index is 0.0525. The van der Waals surface area contributed by atoms with Crippen molar-refractivity contribution in [3.05, 3.63) is 53.6 Å². The van der Waals surface area contributed by atoms with Crippen LogP contribution >= 0.6 is 11.8 Å². The first-order chi connectivity index (χ1) is 10.9. The second-order valence-corrected chi connectivity index (χ2v) is 5.36. The topological polar surface area (TPSA) is 108 Å². The van der Waals surface area contributed by atoms with Gasteiger partial charge in [0.2, 0.25) is 0 Å². The Hall–Kier alpha value is -2.61. The predicted molar refractivity (Wildman–Crippen MR) is 84.2 cm³/mol. The van der Waals surface area contributed by atoms with Gasteiger partial charge in [0.15, 0.2) is 0 Å². The highest BCUT2D eigenvalue weighted by molar-refractivity contribution is 6.13. The van der Waals surface area contributed by atoms with Gasteiger partial charge in [0, 0.05) is 35.0 Å². The second kappa shape index (κ2) is 5.88. The summed E-state index contributed by atoms with van der Waals surface area (Å²) in [5.41, 5.74) is 7.06. The second-order valence-electron chi connectivity index (χ2n) is 5.02. The number of nitrogens with zero attached hydrogens (tertiary/aromatic N) is 1. The van der Waals surface area contributed by atoms with Crippen molar-refractivity contribution in [3.63, 3.8) is 0 Å². The average Bonchev–Trinajstić information content (AvgIpc) is 2.46. The van der Waals surface area contributed by atoms with Gasteiger partial charge in [0.1, 0.15) is 23.0 Å². The maximum Gasteiger partial charge on any atom is 0.128 e. The van der Waals surface area contributed by atoms with Crippen LogP contribution < -0.4 is 10.9 Å². The summed E-state index contributed by atoms with van der Waals surface area (Å²) in [4.78, 5) is 0. The molecule has 1 heterocycles. The Morgan fingerprint density at radius 1 is 0.913 bits per heavy atom. The highest BCUT2D eigenvalue weighted by Gasteiger charge is 2.23. The van der Waals surface area contributed by atoms with Crippen molar-refractivity contribution in [2.24, 2.45) is 0 Å². The molecular formula is C15H14ClN3O4. The van der Waals surface area contributed by atoms with Crippen LogP contribution in [0.15, 0.2) is 42.5 Å². The van der Waals surface area contributed by atoms with Crippen LogP contribution in [0.4, 0.5) is 0 Å². The fourth-order valence-electron chi connectivity index (χ4n) is 2.35. The van der Waals surface area contributed by atoms with E-state index in [0.717, 1.165) is 4.64 Å². The quantitative estimate of drug-likeness (QED) is 0.466. The van der Waals surface area contributed by atoms with E-state index in [1.165, 1.54) is 30.3 Å². The van der Waals surface area contributed by atoms with E-state index in [-0.39, 0.29) is 23.0 Å². The molecule has 1 aliphatic heterocycles. The van der Waals surface area contributed by atoms with E-state index in [9.17, 15) is 20.4 Å². The van der Waals surface area contributed by atoms with E-state index >= 15 is 0 Å². The van der Waals surface area contributed by atoms with Gasteiger partial charge >= 0.3 is 0 Å². The van der Waals surface area contributed by atoms with Crippen LogP contribution in [0, 0.1) is 0 Å². The zero-order valence-electron chi connectivity index (χ0n) is 11.7. The summed E-state index contributed by atoms with van der Waals surface area (Å²) < 4.78 is 1.07. The molecule has 0 saturated carbocycles. The summed E-state index contributed by atoms with van der Waals surface area (Å²) >= 11 is 5.98. The van der Waals surface area contributed by atoms with Crippen LogP contribution in [0.5, 0.6) is 23.0 Å². The van der Waals surface area contributed by atoms with Gasteiger partial charge in [0.05, 0.1) is 11.7 Å². The Balaban J connectivity index is 2.02. The van der Waals surface area contributed by atoms with Crippen LogP contribution in [0.3, 0.4) is 0 Å². The third-order valence-electron chi connectivity index (χ3n) is 3.42. The van der Waals surface area contributed by atoms with Crippen LogP contribution in [-0.4, -0.2) is 25.1 Å². The molecule has 8 heteroatoms. The molecule has 1 aliphatic rings. The van der Waals surface area contributed by atoms with Gasteiger partial charge in [-0.15, -0.1) is 0 Å². The Bertz CT molecular complexity index is 781. The van der Waals surface area contributed by atoms with Crippen molar-refractivity contribution >= 4 is 17.5 Å². The molecule has 0 bridgehead atoms. The van der Waals surface area contributed by atoms with Gasteiger partial charge in [-0.1, -0.05) is 4.64 Å². The first-order valence-corrected chi connectivity index (χ1v) is 7.02. The zero-order chi connectivity index (χ0) is 16.6. The van der Waals surface area contributed by atoms with Crippen molar-refractivity contribution < 1.29 is 20.4 Å². The van der Waals surface area contributed by atoms with E-state index in [1.54, 1.807) is 12.1 Å². The monoisotopic (exact) mass is 335 g/mol. The van der Waals surface area contributed by atoms with Gasteiger partial charge < -0.3 is 20.4 Å². The first-order valence-electron chi connectivity index (χ1n) is 6.69. The number of rotatable bonds is 2. The zero-order valence-corrected chi connectivity index (χ0v) is 12.5. The summed E-state index contributed by atoms with van der Waals surface area (Å²) in [6.07, 6.45) is 1.71. The van der Waals surface area contributed by atoms with Crippen molar-refractivity contribution in [1.82, 2.24) is 15.5 Å². The maximum absolute atomic E-state index is 9.98. The number of hydrogen-bond donors (Lipinski definition) is 6. The molecule has 0 spiro atoms. The molecule has 0 fully saturated rings. The molecule has 23 heavy (non-hydrogen) atoms. The summed E-state index contributed by atoms with van der Waals surface area (Å²) in [7, 11) is 0. The lowest BCUT2D eigenvalue weighted by molar-refractivity contribution is 0.251. The fourth-order valence-corrected chi connectivity index (χ4v) is 2.55. The molecule has 1 atom stereocenters. The number of halogens is 1. The van der Waals surface area contributed by atoms with Gasteiger partial charge in [-0.3, -0.25) is 5.43 Å². The molecule has 0 saturated heterocycles. The molecule has 7 nitrogen and oxygen atoms in total. The molecule has 6 N–H and O–H groups in total. The van der Waals surface area contributed by atoms with E-state index < -0.39 is 6.04 Å². The molecule has 2 aromatic rings. The van der Waals surface area contributed by atoms with E-state index in [4.69, 9.17) is 11.8 Å². The Morgan fingerprint density at radius 2 is 1.57 bits per heavy atom. The molecular weight excluding hydrogens is 322 g/mol. The molecule has 1 unspecified atom stereocenters. The van der Waals surface area contributed by atoms with E-state index in [0.29, 0.717) is 16.8 Å². The maximum atomic E-state index is 9.98. The smallest absolute Gasteiger partial charge is 0.128 e. The third kappa shape index (κ3) is 3.11. The van der Waals surface area contributed by atoms with Gasteiger partial charge in [-0.05, 0) is 30.3 Å². The summed E-state index contributed by atoms with van der Waals surface area (Å²) in [6, 6.07) is 7.91. The predicted octanol–water partition coefficient (Wildman–Crippen LogP) is 2.07. The lowest BCUT2D eigenvalue weighted by Crippen LogP contribution is -2.45. The van der Waals surface area contributed by atoms with Gasteiger partial charge in [0.25, 0.3) is 0 Å². The van der Waals surface area contributed by atoms with Crippen molar-refractivity contribution in [2.75, 3.05) is 0 Å². The molecule has 0 radical (unpaired) electrons. The van der Waals surface area contributed by atoms with Gasteiger partial charge in [-0.2, -0.15) is 0 Å².